The van der Waals surface area contributed by atoms with Crippen LogP contribution in [-0.4, -0.2) is 44.4 Å². The minimum absolute atomic E-state index is 0.00202. The van der Waals surface area contributed by atoms with Gasteiger partial charge in [0.15, 0.2) is 0 Å². The summed E-state index contributed by atoms with van der Waals surface area (Å²) < 4.78 is 22.8. The number of amides is 1. The van der Waals surface area contributed by atoms with Gasteiger partial charge in [0.05, 0.1) is 12.3 Å². The molecule has 8 nitrogen and oxygen atoms in total. The van der Waals surface area contributed by atoms with Crippen LogP contribution in [0.5, 0.6) is 0 Å². The smallest absolute Gasteiger partial charge is 0.233 e. The first kappa shape index (κ1) is 15.4. The molecule has 0 bridgehead atoms. The van der Waals surface area contributed by atoms with Gasteiger partial charge in [0.2, 0.25) is 17.6 Å². The Morgan fingerprint density at radius 2 is 2.00 bits per heavy atom. The van der Waals surface area contributed by atoms with Crippen molar-refractivity contribution in [2.24, 2.45) is 0 Å². The average molecular weight is 343 g/mol. The van der Waals surface area contributed by atoms with Crippen LogP contribution < -0.4 is 0 Å². The summed E-state index contributed by atoms with van der Waals surface area (Å²) in [5.41, 5.74) is 1.84. The van der Waals surface area contributed by atoms with Gasteiger partial charge in [-0.05, 0) is 31.2 Å². The summed E-state index contributed by atoms with van der Waals surface area (Å²) in [7, 11) is 0. The molecule has 2 aromatic heterocycles. The highest BCUT2D eigenvalue weighted by atomic mass is 19.1. The quantitative estimate of drug-likeness (QED) is 0.711. The molecular weight excluding hydrogens is 329 g/mol. The highest BCUT2D eigenvalue weighted by molar-refractivity contribution is 5.79. The monoisotopic (exact) mass is 343 g/mol. The number of halogens is 1. The van der Waals surface area contributed by atoms with Gasteiger partial charge in [-0.3, -0.25) is 4.79 Å². The molecule has 0 saturated carbocycles. The van der Waals surface area contributed by atoms with E-state index in [2.05, 4.69) is 25.1 Å². The SMILES string of the molecule is Cc1nonc1CC(=O)N1CC(c2nc(-c3ccc(F)cc3)no2)C1. The number of benzene rings is 1. The van der Waals surface area contributed by atoms with E-state index in [1.54, 1.807) is 24.0 Å². The van der Waals surface area contributed by atoms with Crippen molar-refractivity contribution in [1.82, 2.24) is 25.4 Å². The van der Waals surface area contributed by atoms with Crippen molar-refractivity contribution in [3.8, 4) is 11.4 Å². The molecule has 128 valence electrons. The number of rotatable bonds is 4. The summed E-state index contributed by atoms with van der Waals surface area (Å²) in [5.74, 6) is 0.514. The van der Waals surface area contributed by atoms with Gasteiger partial charge >= 0.3 is 0 Å². The Balaban J connectivity index is 1.37. The van der Waals surface area contributed by atoms with E-state index >= 15 is 0 Å². The number of aromatic nitrogens is 4. The third kappa shape index (κ3) is 3.00. The maximum absolute atomic E-state index is 13.0. The number of hydrogen-bond donors (Lipinski definition) is 0. The van der Waals surface area contributed by atoms with Crippen molar-refractivity contribution in [3.63, 3.8) is 0 Å². The molecule has 1 saturated heterocycles. The van der Waals surface area contributed by atoms with Crippen molar-refractivity contribution < 1.29 is 18.3 Å². The minimum atomic E-state index is -0.321. The third-order valence-electron chi connectivity index (χ3n) is 4.19. The van der Waals surface area contributed by atoms with Crippen molar-refractivity contribution >= 4 is 5.91 Å². The predicted molar refractivity (Wildman–Crippen MR) is 81.8 cm³/mol. The van der Waals surface area contributed by atoms with Crippen molar-refractivity contribution in [2.45, 2.75) is 19.3 Å². The summed E-state index contributed by atoms with van der Waals surface area (Å²) in [6.45, 7) is 2.76. The van der Waals surface area contributed by atoms with Gasteiger partial charge < -0.3 is 9.42 Å². The first-order chi connectivity index (χ1) is 12.1. The van der Waals surface area contributed by atoms with Crippen molar-refractivity contribution in [1.29, 1.82) is 0 Å². The standard InChI is InChI=1S/C16H14FN5O3/c1-9-13(20-25-19-9)6-14(23)22-7-11(8-22)16-18-15(21-24-16)10-2-4-12(17)5-3-10/h2-5,11H,6-8H2,1H3. The van der Waals surface area contributed by atoms with Crippen LogP contribution in [0.15, 0.2) is 33.4 Å². The molecule has 3 aromatic rings. The molecule has 4 rings (SSSR count). The molecule has 9 heteroatoms. The molecule has 1 aliphatic heterocycles. The average Bonchev–Trinajstić information content (AvgIpc) is 3.17. The maximum Gasteiger partial charge on any atom is 0.233 e. The highest BCUT2D eigenvalue weighted by Crippen LogP contribution is 2.28. The van der Waals surface area contributed by atoms with Gasteiger partial charge in [-0.2, -0.15) is 4.98 Å². The summed E-state index contributed by atoms with van der Waals surface area (Å²) in [6, 6.07) is 5.87. The molecule has 1 amide bonds. The van der Waals surface area contributed by atoms with Crippen LogP contribution >= 0.6 is 0 Å². The molecule has 1 aromatic carbocycles. The molecule has 0 radical (unpaired) electrons. The van der Waals surface area contributed by atoms with Crippen LogP contribution in [0, 0.1) is 12.7 Å². The van der Waals surface area contributed by atoms with Crippen LogP contribution in [0.3, 0.4) is 0 Å². The van der Waals surface area contributed by atoms with Gasteiger partial charge in [-0.1, -0.05) is 15.5 Å². The lowest BCUT2D eigenvalue weighted by Gasteiger charge is -2.37. The second-order valence-corrected chi connectivity index (χ2v) is 5.93. The fraction of sp³-hybridized carbons (Fsp3) is 0.312. The Morgan fingerprint density at radius 1 is 1.24 bits per heavy atom. The van der Waals surface area contributed by atoms with Crippen LogP contribution in [0.25, 0.3) is 11.4 Å². The van der Waals surface area contributed by atoms with Gasteiger partial charge in [-0.15, -0.1) is 0 Å². The van der Waals surface area contributed by atoms with E-state index < -0.39 is 0 Å². The molecule has 1 fully saturated rings. The number of hydrogen-bond acceptors (Lipinski definition) is 7. The van der Waals surface area contributed by atoms with E-state index in [4.69, 9.17) is 4.52 Å². The third-order valence-corrected chi connectivity index (χ3v) is 4.19. The molecule has 0 aliphatic carbocycles. The zero-order valence-electron chi connectivity index (χ0n) is 13.3. The molecular formula is C16H14FN5O3. The predicted octanol–water partition coefficient (Wildman–Crippen LogP) is 1.74. The molecule has 0 N–H and O–H groups in total. The van der Waals surface area contributed by atoms with Crippen LogP contribution in [0.1, 0.15) is 23.2 Å². The number of nitrogens with zero attached hydrogens (tertiary/aromatic N) is 5. The normalized spacial score (nSPS) is 14.6. The van der Waals surface area contributed by atoms with Crippen molar-refractivity contribution in [2.75, 3.05) is 13.1 Å². The summed E-state index contributed by atoms with van der Waals surface area (Å²) in [4.78, 5) is 18.2. The summed E-state index contributed by atoms with van der Waals surface area (Å²) in [5, 5.41) is 11.3. The molecule has 0 unspecified atom stereocenters. The first-order valence-corrected chi connectivity index (χ1v) is 7.75. The minimum Gasteiger partial charge on any atom is -0.341 e. The maximum atomic E-state index is 13.0. The summed E-state index contributed by atoms with van der Waals surface area (Å²) >= 11 is 0. The van der Waals surface area contributed by atoms with Gasteiger partial charge in [0.25, 0.3) is 0 Å². The lowest BCUT2D eigenvalue weighted by atomic mass is 9.99. The second kappa shape index (κ2) is 6.08. The fourth-order valence-electron chi connectivity index (χ4n) is 2.62. The van der Waals surface area contributed by atoms with Crippen LogP contribution in [0.4, 0.5) is 4.39 Å². The zero-order chi connectivity index (χ0) is 17.4. The Morgan fingerprint density at radius 3 is 2.68 bits per heavy atom. The molecule has 0 spiro atoms. The van der Waals surface area contributed by atoms with E-state index in [9.17, 15) is 9.18 Å². The van der Waals surface area contributed by atoms with E-state index in [1.807, 2.05) is 0 Å². The van der Waals surface area contributed by atoms with E-state index in [-0.39, 0.29) is 24.1 Å². The number of likely N-dealkylation sites (tertiary alicyclic amines) is 1. The zero-order valence-corrected chi connectivity index (χ0v) is 13.3. The Labute approximate surface area is 141 Å². The van der Waals surface area contributed by atoms with Gasteiger partial charge in [-0.25, -0.2) is 9.02 Å². The largest absolute Gasteiger partial charge is 0.341 e. The number of carbonyl (C=O) groups excluding carboxylic acids is 1. The topological polar surface area (TPSA) is 98.2 Å². The first-order valence-electron chi connectivity index (χ1n) is 7.75. The lowest BCUT2D eigenvalue weighted by Crippen LogP contribution is -2.49. The van der Waals surface area contributed by atoms with Gasteiger partial charge in [0, 0.05) is 18.7 Å². The Bertz CT molecular complexity index is 899. The second-order valence-electron chi connectivity index (χ2n) is 5.93. The van der Waals surface area contributed by atoms with Crippen LogP contribution in [0.2, 0.25) is 0 Å². The van der Waals surface area contributed by atoms with Gasteiger partial charge in [0.1, 0.15) is 17.2 Å². The molecule has 1 aliphatic rings. The highest BCUT2D eigenvalue weighted by Gasteiger charge is 2.36. The van der Waals surface area contributed by atoms with E-state index in [1.165, 1.54) is 12.1 Å². The number of carbonyl (C=O) groups is 1. The Hall–Kier alpha value is -3.10. The lowest BCUT2D eigenvalue weighted by molar-refractivity contribution is -0.135. The van der Waals surface area contributed by atoms with E-state index in [0.717, 1.165) is 0 Å². The van der Waals surface area contributed by atoms with Crippen LogP contribution in [-0.2, 0) is 11.2 Å². The number of aryl methyl sites for hydroxylation is 1. The molecule has 25 heavy (non-hydrogen) atoms. The van der Waals surface area contributed by atoms with Crippen molar-refractivity contribution in [3.05, 3.63) is 47.4 Å². The molecule has 3 heterocycles. The fourth-order valence-corrected chi connectivity index (χ4v) is 2.62. The van der Waals surface area contributed by atoms with E-state index in [0.29, 0.717) is 41.8 Å². The summed E-state index contributed by atoms with van der Waals surface area (Å²) in [6.07, 6.45) is 0.159. The Kier molecular flexibility index (Phi) is 3.75. The molecule has 0 atom stereocenters.